The van der Waals surface area contributed by atoms with Crippen LogP contribution in [0.3, 0.4) is 0 Å². The number of hydrogen-bond donors (Lipinski definition) is 4. The molecule has 4 N–H and O–H groups in total. The van der Waals surface area contributed by atoms with Gasteiger partial charge in [0.2, 0.25) is 11.8 Å². The summed E-state index contributed by atoms with van der Waals surface area (Å²) >= 11 is 0. The van der Waals surface area contributed by atoms with Crippen molar-refractivity contribution in [1.82, 2.24) is 45.7 Å². The third kappa shape index (κ3) is 13.1. The predicted octanol–water partition coefficient (Wildman–Crippen LogP) is 6.37. The Morgan fingerprint density at radius 1 is 0.687 bits per heavy atom. The lowest BCUT2D eigenvalue weighted by Gasteiger charge is -2.29. The second-order valence-electron chi connectivity index (χ2n) is 15.5. The molecule has 2 aromatic carbocycles. The largest absolute Gasteiger partial charge is 0.485 e. The van der Waals surface area contributed by atoms with Gasteiger partial charge >= 0.3 is 0 Å². The fourth-order valence-electron chi connectivity index (χ4n) is 7.05. The van der Waals surface area contributed by atoms with E-state index in [9.17, 15) is 35.9 Å². The van der Waals surface area contributed by atoms with Crippen LogP contribution in [0, 0.1) is 34.9 Å². The van der Waals surface area contributed by atoms with Gasteiger partial charge in [-0.25, -0.2) is 26.3 Å². The first kappa shape index (κ1) is 48.0. The molecule has 6 aromatic rings. The number of amides is 2. The molecule has 2 fully saturated rings. The Bertz CT molecular complexity index is 2560. The third-order valence-corrected chi connectivity index (χ3v) is 10.5. The second-order valence-corrected chi connectivity index (χ2v) is 15.5. The van der Waals surface area contributed by atoms with E-state index in [2.05, 4.69) is 56.3 Å². The van der Waals surface area contributed by atoms with Gasteiger partial charge in [-0.2, -0.15) is 30.6 Å². The molecule has 0 bridgehead atoms. The van der Waals surface area contributed by atoms with Crippen molar-refractivity contribution in [3.05, 3.63) is 107 Å². The van der Waals surface area contributed by atoms with Gasteiger partial charge in [-0.3, -0.25) is 19.8 Å². The summed E-state index contributed by atoms with van der Waals surface area (Å²) in [4.78, 5) is 27.2. The van der Waals surface area contributed by atoms with Gasteiger partial charge in [0.25, 0.3) is 0 Å². The van der Waals surface area contributed by atoms with Crippen LogP contribution in [0.5, 0.6) is 11.5 Å². The minimum atomic E-state index is -1.54. The van der Waals surface area contributed by atoms with E-state index >= 15 is 0 Å². The number of benzene rings is 2. The van der Waals surface area contributed by atoms with Gasteiger partial charge in [0.15, 0.2) is 58.0 Å². The number of carbonyl (C=O) groups excluding carboxylic acids is 2. The molecule has 23 heteroatoms. The van der Waals surface area contributed by atoms with Crippen LogP contribution in [0.15, 0.2) is 61.2 Å². The van der Waals surface area contributed by atoms with Gasteiger partial charge < -0.3 is 34.5 Å². The van der Waals surface area contributed by atoms with Crippen LogP contribution >= 0.6 is 0 Å². The molecule has 0 saturated carbocycles. The fourth-order valence-corrected chi connectivity index (χ4v) is 7.05. The summed E-state index contributed by atoms with van der Waals surface area (Å²) < 4.78 is 103. The molecule has 67 heavy (non-hydrogen) atoms. The average Bonchev–Trinajstić information content (AvgIpc) is 3.93. The molecule has 2 saturated heterocycles. The molecule has 0 radical (unpaired) electrons. The SMILES string of the molecule is CN1CCOC(COc2c(NC(=O)CCc3cc(F)c(F)c(F)c3)n[nH]c2-c2ccnnc2)C1.O=C(CCc1cc(F)c(F)c(F)c1)Nc1n[nH]c(-c2ccnnc2)c1OCC1CCCCO1. The van der Waals surface area contributed by atoms with Crippen molar-refractivity contribution in [1.29, 1.82) is 0 Å². The van der Waals surface area contributed by atoms with Crippen molar-refractivity contribution in [2.24, 2.45) is 0 Å². The number of aromatic amines is 2. The molecule has 2 atom stereocenters. The molecule has 2 aliphatic rings. The second kappa shape index (κ2) is 23.0. The summed E-state index contributed by atoms with van der Waals surface area (Å²) in [5.74, 6) is -8.26. The van der Waals surface area contributed by atoms with E-state index < -0.39 is 46.7 Å². The molecule has 17 nitrogen and oxygen atoms in total. The summed E-state index contributed by atoms with van der Waals surface area (Å²) in [6.45, 7) is 3.30. The van der Waals surface area contributed by atoms with Gasteiger partial charge in [-0.15, -0.1) is 0 Å². The smallest absolute Gasteiger partial charge is 0.226 e. The van der Waals surface area contributed by atoms with Gasteiger partial charge in [-0.05, 0) is 86.7 Å². The number of likely N-dealkylation sites (N-methyl/N-ethyl adjacent to an activating group) is 1. The van der Waals surface area contributed by atoms with Gasteiger partial charge in [-0.1, -0.05) is 0 Å². The Balaban J connectivity index is 0.000000199. The number of anilines is 2. The maximum absolute atomic E-state index is 13.4. The zero-order valence-electron chi connectivity index (χ0n) is 36.0. The van der Waals surface area contributed by atoms with Crippen LogP contribution in [-0.2, 0) is 31.9 Å². The monoisotopic (exact) mass is 937 g/mol. The van der Waals surface area contributed by atoms with E-state index in [0.717, 1.165) is 50.1 Å². The number of morpholine rings is 1. The molecule has 0 aliphatic carbocycles. The highest BCUT2D eigenvalue weighted by Crippen LogP contribution is 2.36. The van der Waals surface area contributed by atoms with E-state index in [0.29, 0.717) is 53.8 Å². The van der Waals surface area contributed by atoms with Gasteiger partial charge in [0, 0.05) is 43.7 Å². The van der Waals surface area contributed by atoms with Crippen molar-refractivity contribution >= 4 is 23.5 Å². The van der Waals surface area contributed by atoms with Crippen LogP contribution in [0.25, 0.3) is 22.5 Å². The number of nitrogens with zero attached hydrogens (tertiary/aromatic N) is 7. The standard InChI is InChI=1S/C22H23F3N6O3.C22H22F3N5O3/c1-31-6-7-33-15(11-31)12-34-21-20(14-4-5-26-27-10-14)29-30-22(21)28-18(32)3-2-13-8-16(23)19(25)17(24)9-13;23-16-9-13(10-17(24)19(16)25)4-5-18(31)28-22-21(33-12-15-3-1-2-8-32-15)20(29-30-22)14-6-7-26-27-11-14/h4-5,8-10,15H,2-3,6-7,11-12H2,1H3,(H2,28,29,30,32);6-7,9-11,15H,1-5,8,12H2,(H2,28,29,30,31). The zero-order valence-corrected chi connectivity index (χ0v) is 36.0. The van der Waals surface area contributed by atoms with E-state index in [1.807, 2.05) is 7.05 Å². The maximum Gasteiger partial charge on any atom is 0.226 e. The zero-order chi connectivity index (χ0) is 47.3. The highest BCUT2D eigenvalue weighted by Gasteiger charge is 2.25. The number of hydrogen-bond acceptors (Lipinski definition) is 13. The van der Waals surface area contributed by atoms with Crippen molar-refractivity contribution in [2.75, 3.05) is 57.2 Å². The van der Waals surface area contributed by atoms with Crippen LogP contribution in [0.4, 0.5) is 38.0 Å². The van der Waals surface area contributed by atoms with Crippen LogP contribution < -0.4 is 20.1 Å². The first-order valence-corrected chi connectivity index (χ1v) is 21.2. The molecule has 4 aromatic heterocycles. The van der Waals surface area contributed by atoms with Crippen LogP contribution in [0.1, 0.15) is 43.2 Å². The maximum atomic E-state index is 13.4. The number of aromatic nitrogens is 8. The molecule has 0 spiro atoms. The van der Waals surface area contributed by atoms with Crippen molar-refractivity contribution in [2.45, 2.75) is 57.2 Å². The quantitative estimate of drug-likeness (QED) is 0.0616. The van der Waals surface area contributed by atoms with Gasteiger partial charge in [0.05, 0.1) is 37.5 Å². The van der Waals surface area contributed by atoms with E-state index in [1.165, 1.54) is 24.8 Å². The Hall–Kier alpha value is -6.98. The highest BCUT2D eigenvalue weighted by molar-refractivity contribution is 5.93. The summed E-state index contributed by atoms with van der Waals surface area (Å²) in [7, 11) is 1.99. The first-order chi connectivity index (χ1) is 32.4. The highest BCUT2D eigenvalue weighted by atomic mass is 19.2. The molecule has 2 amide bonds. The number of ether oxygens (including phenoxy) is 4. The van der Waals surface area contributed by atoms with Crippen LogP contribution in [0.2, 0.25) is 0 Å². The van der Waals surface area contributed by atoms with Crippen molar-refractivity contribution in [3.8, 4) is 34.0 Å². The fraction of sp³-hybridized carbons (Fsp3) is 0.364. The van der Waals surface area contributed by atoms with Crippen molar-refractivity contribution < 1.29 is 54.9 Å². The molecule has 354 valence electrons. The molecule has 2 aliphatic heterocycles. The lowest BCUT2D eigenvalue weighted by molar-refractivity contribution is -0.117. The summed E-state index contributed by atoms with van der Waals surface area (Å²) in [6, 6.07) is 6.89. The Kier molecular flexibility index (Phi) is 16.4. The average molecular weight is 938 g/mol. The lowest BCUT2D eigenvalue weighted by Crippen LogP contribution is -2.42. The Labute approximate surface area is 379 Å². The van der Waals surface area contributed by atoms with E-state index in [4.69, 9.17) is 18.9 Å². The van der Waals surface area contributed by atoms with E-state index in [1.54, 1.807) is 12.1 Å². The molecule has 2 unspecified atom stereocenters. The summed E-state index contributed by atoms with van der Waals surface area (Å²) in [5.41, 5.74) is 2.65. The van der Waals surface area contributed by atoms with Crippen LogP contribution in [-0.4, -0.2) is 116 Å². The number of H-pyrrole nitrogens is 2. The first-order valence-electron chi connectivity index (χ1n) is 21.2. The number of carbonyl (C=O) groups is 2. The predicted molar refractivity (Wildman–Crippen MR) is 228 cm³/mol. The lowest BCUT2D eigenvalue weighted by atomic mass is 10.1. The molecular formula is C44H45F6N11O6. The third-order valence-electron chi connectivity index (χ3n) is 10.5. The minimum absolute atomic E-state index is 0.00392. The summed E-state index contributed by atoms with van der Waals surface area (Å²) in [5, 5.41) is 34.5. The number of aryl methyl sites for hydroxylation is 2. The molecular weight excluding hydrogens is 893 g/mol. The minimum Gasteiger partial charge on any atom is -0.485 e. The number of halogens is 6. The van der Waals surface area contributed by atoms with Crippen molar-refractivity contribution in [3.63, 3.8) is 0 Å². The Morgan fingerprint density at radius 3 is 1.60 bits per heavy atom. The van der Waals surface area contributed by atoms with Gasteiger partial charge in [0.1, 0.15) is 30.7 Å². The Morgan fingerprint density at radius 2 is 1.16 bits per heavy atom. The molecule has 6 heterocycles. The summed E-state index contributed by atoms with van der Waals surface area (Å²) in [6.07, 6.45) is 8.59. The van der Waals surface area contributed by atoms with E-state index in [-0.39, 0.29) is 73.9 Å². The normalized spacial score (nSPS) is 16.2. The topological polar surface area (TPSA) is 207 Å². The number of rotatable bonds is 16. The molecule has 8 rings (SSSR count). The number of nitrogens with one attached hydrogen (secondary N) is 4.